The molecule has 2 N–H and O–H groups in total. The molecule has 0 fully saturated rings. The van der Waals surface area contributed by atoms with Gasteiger partial charge in [0.05, 0.1) is 0 Å². The molecule has 2 aromatic carbocycles. The van der Waals surface area contributed by atoms with Gasteiger partial charge in [0.2, 0.25) is 0 Å². The maximum absolute atomic E-state index is 5.80. The smallest absolute Gasteiger partial charge is 0.153 e. The van der Waals surface area contributed by atoms with Gasteiger partial charge in [-0.25, -0.2) is 0 Å². The van der Waals surface area contributed by atoms with E-state index in [0.29, 0.717) is 5.84 Å². The number of hydrogen-bond acceptors (Lipinski definition) is 2. The van der Waals surface area contributed by atoms with E-state index in [1.54, 1.807) is 6.21 Å². The summed E-state index contributed by atoms with van der Waals surface area (Å²) < 4.78 is 0. The molecule has 0 spiro atoms. The molecule has 0 atom stereocenters. The van der Waals surface area contributed by atoms with Crippen molar-refractivity contribution in [2.75, 3.05) is 0 Å². The molecule has 94 valence electrons. The number of allylic oxidation sites excluding steroid dienone is 1. The molecule has 19 heavy (non-hydrogen) atoms. The van der Waals surface area contributed by atoms with E-state index >= 15 is 0 Å². The predicted octanol–water partition coefficient (Wildman–Crippen LogP) is 3.09. The number of benzene rings is 2. The molecule has 0 aliphatic carbocycles. The van der Waals surface area contributed by atoms with Gasteiger partial charge in [-0.1, -0.05) is 66.7 Å². The van der Waals surface area contributed by atoms with Crippen LogP contribution in [-0.2, 0) is 0 Å². The number of hydrogen-bond donors (Lipinski definition) is 1. The second kappa shape index (κ2) is 6.91. The molecule has 0 aromatic heterocycles. The van der Waals surface area contributed by atoms with E-state index in [0.717, 1.165) is 11.1 Å². The van der Waals surface area contributed by atoms with E-state index in [9.17, 15) is 0 Å². The van der Waals surface area contributed by atoms with Crippen LogP contribution in [0, 0.1) is 0 Å². The monoisotopic (exact) mass is 249 g/mol. The van der Waals surface area contributed by atoms with Gasteiger partial charge >= 0.3 is 0 Å². The van der Waals surface area contributed by atoms with E-state index in [2.05, 4.69) is 10.2 Å². The lowest BCUT2D eigenvalue weighted by Crippen LogP contribution is -2.12. The summed E-state index contributed by atoms with van der Waals surface area (Å²) in [5.41, 5.74) is 7.79. The zero-order chi connectivity index (χ0) is 13.3. The highest BCUT2D eigenvalue weighted by Crippen LogP contribution is 2.00. The van der Waals surface area contributed by atoms with Gasteiger partial charge in [-0.3, -0.25) is 0 Å². The van der Waals surface area contributed by atoms with E-state index in [1.807, 2.05) is 72.8 Å². The molecular formula is C16H15N3. The SMILES string of the molecule is N\C(=N/N=C/C=C\c1ccccc1)c1ccccc1. The molecule has 0 saturated heterocycles. The van der Waals surface area contributed by atoms with Crippen molar-refractivity contribution in [1.82, 2.24) is 0 Å². The highest BCUT2D eigenvalue weighted by Gasteiger charge is 1.93. The van der Waals surface area contributed by atoms with Gasteiger partial charge in [0.25, 0.3) is 0 Å². The maximum Gasteiger partial charge on any atom is 0.153 e. The molecule has 0 bridgehead atoms. The molecular weight excluding hydrogens is 234 g/mol. The quantitative estimate of drug-likeness (QED) is 0.505. The van der Waals surface area contributed by atoms with Crippen LogP contribution in [0.1, 0.15) is 11.1 Å². The first-order chi connectivity index (χ1) is 9.36. The van der Waals surface area contributed by atoms with Crippen molar-refractivity contribution >= 4 is 18.1 Å². The van der Waals surface area contributed by atoms with Crippen LogP contribution in [0.15, 0.2) is 76.9 Å². The lowest BCUT2D eigenvalue weighted by Gasteiger charge is -1.95. The minimum atomic E-state index is 0.407. The largest absolute Gasteiger partial charge is 0.382 e. The van der Waals surface area contributed by atoms with Crippen molar-refractivity contribution in [3.8, 4) is 0 Å². The zero-order valence-corrected chi connectivity index (χ0v) is 10.5. The van der Waals surface area contributed by atoms with Gasteiger partial charge in [0.15, 0.2) is 5.84 Å². The van der Waals surface area contributed by atoms with Crippen molar-refractivity contribution in [3.05, 3.63) is 77.9 Å². The van der Waals surface area contributed by atoms with Crippen LogP contribution in [-0.4, -0.2) is 12.1 Å². The predicted molar refractivity (Wildman–Crippen MR) is 81.1 cm³/mol. The van der Waals surface area contributed by atoms with Crippen molar-refractivity contribution in [1.29, 1.82) is 0 Å². The second-order valence-electron chi connectivity index (χ2n) is 3.89. The summed E-state index contributed by atoms with van der Waals surface area (Å²) in [7, 11) is 0. The average Bonchev–Trinajstić information content (AvgIpc) is 2.49. The van der Waals surface area contributed by atoms with E-state index < -0.39 is 0 Å². The van der Waals surface area contributed by atoms with Crippen molar-refractivity contribution in [2.45, 2.75) is 0 Å². The molecule has 0 aliphatic rings. The minimum absolute atomic E-state index is 0.407. The number of nitrogens with two attached hydrogens (primary N) is 1. The highest BCUT2D eigenvalue weighted by molar-refractivity contribution is 5.97. The Morgan fingerprint density at radius 3 is 2.21 bits per heavy atom. The Kier molecular flexibility index (Phi) is 4.64. The van der Waals surface area contributed by atoms with Crippen LogP contribution < -0.4 is 5.73 Å². The zero-order valence-electron chi connectivity index (χ0n) is 10.5. The summed E-state index contributed by atoms with van der Waals surface area (Å²) in [6, 6.07) is 19.6. The summed E-state index contributed by atoms with van der Waals surface area (Å²) in [6.07, 6.45) is 5.40. The normalized spacial score (nSPS) is 12.3. The fourth-order valence-corrected chi connectivity index (χ4v) is 1.52. The summed E-state index contributed by atoms with van der Waals surface area (Å²) in [5.74, 6) is 0.407. The number of amidine groups is 1. The van der Waals surface area contributed by atoms with Gasteiger partial charge in [-0.05, 0) is 11.6 Å². The van der Waals surface area contributed by atoms with Crippen LogP contribution in [0.25, 0.3) is 6.08 Å². The van der Waals surface area contributed by atoms with Crippen LogP contribution in [0.5, 0.6) is 0 Å². The fourth-order valence-electron chi connectivity index (χ4n) is 1.52. The molecule has 0 radical (unpaired) electrons. The third-order valence-corrected chi connectivity index (χ3v) is 2.48. The van der Waals surface area contributed by atoms with E-state index in [4.69, 9.17) is 5.73 Å². The summed E-state index contributed by atoms with van der Waals surface area (Å²) >= 11 is 0. The van der Waals surface area contributed by atoms with Crippen LogP contribution in [0.2, 0.25) is 0 Å². The van der Waals surface area contributed by atoms with Crippen LogP contribution in [0.3, 0.4) is 0 Å². The topological polar surface area (TPSA) is 50.7 Å². The Morgan fingerprint density at radius 2 is 1.53 bits per heavy atom. The Bertz CT molecular complexity index is 584. The van der Waals surface area contributed by atoms with Gasteiger partial charge < -0.3 is 5.73 Å². The Labute approximate surface area is 112 Å². The van der Waals surface area contributed by atoms with Gasteiger partial charge in [-0.2, -0.15) is 5.10 Å². The second-order valence-corrected chi connectivity index (χ2v) is 3.89. The highest BCUT2D eigenvalue weighted by atomic mass is 15.2. The number of nitrogens with zero attached hydrogens (tertiary/aromatic N) is 2. The van der Waals surface area contributed by atoms with Gasteiger partial charge in [0, 0.05) is 11.8 Å². The third kappa shape index (κ3) is 4.24. The first kappa shape index (κ1) is 12.8. The molecule has 3 heteroatoms. The fraction of sp³-hybridized carbons (Fsp3) is 0. The Morgan fingerprint density at radius 1 is 0.895 bits per heavy atom. The third-order valence-electron chi connectivity index (χ3n) is 2.48. The van der Waals surface area contributed by atoms with E-state index in [1.165, 1.54) is 0 Å². The van der Waals surface area contributed by atoms with Crippen LogP contribution in [0.4, 0.5) is 0 Å². The van der Waals surface area contributed by atoms with Gasteiger partial charge in [0.1, 0.15) is 0 Å². The van der Waals surface area contributed by atoms with Gasteiger partial charge in [-0.15, -0.1) is 5.10 Å². The molecule has 0 unspecified atom stereocenters. The minimum Gasteiger partial charge on any atom is -0.382 e. The molecule has 0 saturated carbocycles. The first-order valence-electron chi connectivity index (χ1n) is 6.00. The Hall–Kier alpha value is -2.68. The standard InChI is InChI=1S/C16H15N3/c17-16(15-11-5-2-6-12-15)19-18-13-7-10-14-8-3-1-4-9-14/h1-13H,(H2,17,19)/b10-7-,18-13+. The molecule has 0 heterocycles. The van der Waals surface area contributed by atoms with Crippen LogP contribution >= 0.6 is 0 Å². The lowest BCUT2D eigenvalue weighted by atomic mass is 10.2. The molecule has 2 aromatic rings. The average molecular weight is 249 g/mol. The molecule has 2 rings (SSSR count). The Balaban J connectivity index is 1.95. The molecule has 3 nitrogen and oxygen atoms in total. The maximum atomic E-state index is 5.80. The summed E-state index contributed by atoms with van der Waals surface area (Å²) in [5, 5.41) is 7.85. The molecule has 0 amide bonds. The molecule has 0 aliphatic heterocycles. The van der Waals surface area contributed by atoms with E-state index in [-0.39, 0.29) is 0 Å². The summed E-state index contributed by atoms with van der Waals surface area (Å²) in [4.78, 5) is 0. The van der Waals surface area contributed by atoms with Crippen molar-refractivity contribution in [2.24, 2.45) is 15.9 Å². The number of rotatable bonds is 4. The first-order valence-corrected chi connectivity index (χ1v) is 6.00. The van der Waals surface area contributed by atoms with Crippen molar-refractivity contribution in [3.63, 3.8) is 0 Å². The summed E-state index contributed by atoms with van der Waals surface area (Å²) in [6.45, 7) is 0. The lowest BCUT2D eigenvalue weighted by molar-refractivity contribution is 1.23. The van der Waals surface area contributed by atoms with Crippen molar-refractivity contribution < 1.29 is 0 Å².